The van der Waals surface area contributed by atoms with Crippen molar-refractivity contribution in [2.45, 2.75) is 0 Å². The fourth-order valence-electron chi connectivity index (χ4n) is 0.995. The van der Waals surface area contributed by atoms with E-state index < -0.39 is 11.9 Å². The average Bonchev–Trinajstić information content (AvgIpc) is 2.45. The van der Waals surface area contributed by atoms with Gasteiger partial charge < -0.3 is 9.47 Å². The predicted octanol–water partition coefficient (Wildman–Crippen LogP) is 2.47. The highest BCUT2D eigenvalue weighted by Crippen LogP contribution is 2.12. The molecule has 4 nitrogen and oxygen atoms in total. The number of ether oxygens (including phenoxy) is 2. The minimum atomic E-state index is -0.394. The summed E-state index contributed by atoms with van der Waals surface area (Å²) in [4.78, 5) is 21.5. The first kappa shape index (κ1) is 18.9. The van der Waals surface area contributed by atoms with Crippen LogP contribution in [0.25, 0.3) is 0 Å². The van der Waals surface area contributed by atoms with Gasteiger partial charge in [0.05, 0.1) is 0 Å². The molecule has 0 saturated heterocycles. The second-order valence-corrected chi connectivity index (χ2v) is 5.81. The van der Waals surface area contributed by atoms with Crippen LogP contribution in [0, 0.1) is 0 Å². The lowest BCUT2D eigenvalue weighted by molar-refractivity contribution is -0.138. The zero-order valence-electron chi connectivity index (χ0n) is 11.5. The highest BCUT2D eigenvalue weighted by molar-refractivity contribution is 8.00. The lowest BCUT2D eigenvalue weighted by Gasteiger charge is -2.06. The molecule has 0 aliphatic heterocycles. The van der Waals surface area contributed by atoms with Crippen molar-refractivity contribution in [3.05, 3.63) is 37.5 Å². The van der Waals surface area contributed by atoms with Crippen LogP contribution in [0.2, 0.25) is 0 Å². The van der Waals surface area contributed by atoms with Crippen LogP contribution < -0.4 is 0 Å². The number of carbonyl (C=O) groups is 2. The Labute approximate surface area is 128 Å². The van der Waals surface area contributed by atoms with Gasteiger partial charge in [0.15, 0.2) is 0 Å². The molecule has 0 aliphatic carbocycles. The summed E-state index contributed by atoms with van der Waals surface area (Å²) >= 11 is 3.33. The largest absolute Gasteiger partial charge is 0.462 e. The van der Waals surface area contributed by atoms with Gasteiger partial charge in [-0.25, -0.2) is 9.59 Å². The Kier molecular flexibility index (Phi) is 12.1. The molecule has 0 radical (unpaired) electrons. The van der Waals surface area contributed by atoms with E-state index in [2.05, 4.69) is 19.7 Å². The monoisotopic (exact) mass is 316 g/mol. The molecule has 0 amide bonds. The van der Waals surface area contributed by atoms with Crippen LogP contribution >= 0.6 is 23.5 Å². The van der Waals surface area contributed by atoms with E-state index in [4.69, 9.17) is 9.47 Å². The molecule has 20 heavy (non-hydrogen) atoms. The number of hydrogen-bond donors (Lipinski definition) is 0. The Bertz CT molecular complexity index is 321. The van der Waals surface area contributed by atoms with Crippen molar-refractivity contribution >= 4 is 35.5 Å². The maximum atomic E-state index is 10.8. The Balaban J connectivity index is 3.37. The number of carbonyl (C=O) groups excluding carboxylic acids is 2. The fraction of sp³-hybridized carbons (Fsp3) is 0.429. The van der Waals surface area contributed by atoms with Gasteiger partial charge in [-0.3, -0.25) is 0 Å². The van der Waals surface area contributed by atoms with Crippen molar-refractivity contribution in [3.8, 4) is 0 Å². The first-order valence-electron chi connectivity index (χ1n) is 6.00. The van der Waals surface area contributed by atoms with Crippen molar-refractivity contribution in [1.29, 1.82) is 0 Å². The van der Waals surface area contributed by atoms with E-state index >= 15 is 0 Å². The number of rotatable bonds is 12. The van der Waals surface area contributed by atoms with Crippen LogP contribution in [0.3, 0.4) is 0 Å². The SMILES string of the molecule is C=CC(=O)OCCSCC(=C)CSCCOC(=O)C=C. The van der Waals surface area contributed by atoms with Gasteiger partial charge in [-0.15, -0.1) is 0 Å². The summed E-state index contributed by atoms with van der Waals surface area (Å²) in [6.45, 7) is 11.4. The van der Waals surface area contributed by atoms with Crippen LogP contribution in [0.1, 0.15) is 0 Å². The molecule has 0 aliphatic rings. The van der Waals surface area contributed by atoms with Gasteiger partial charge >= 0.3 is 11.9 Å². The van der Waals surface area contributed by atoms with E-state index in [9.17, 15) is 9.59 Å². The molecule has 0 unspecified atom stereocenters. The van der Waals surface area contributed by atoms with Gasteiger partial charge in [0.2, 0.25) is 0 Å². The molecular weight excluding hydrogens is 296 g/mol. The normalized spacial score (nSPS) is 9.60. The van der Waals surface area contributed by atoms with Crippen LogP contribution in [0.4, 0.5) is 0 Å². The summed E-state index contributed by atoms with van der Waals surface area (Å²) in [6.07, 6.45) is 2.30. The zero-order valence-corrected chi connectivity index (χ0v) is 13.1. The van der Waals surface area contributed by atoms with E-state index in [-0.39, 0.29) is 0 Å². The molecule has 0 fully saturated rings. The molecular formula is C14H20O4S2. The molecule has 0 aromatic carbocycles. The van der Waals surface area contributed by atoms with Crippen LogP contribution in [-0.2, 0) is 19.1 Å². The summed E-state index contributed by atoms with van der Waals surface area (Å²) < 4.78 is 9.70. The van der Waals surface area contributed by atoms with Gasteiger partial charge in [0.1, 0.15) is 13.2 Å². The highest BCUT2D eigenvalue weighted by atomic mass is 32.2. The lowest BCUT2D eigenvalue weighted by atomic mass is 10.4. The van der Waals surface area contributed by atoms with Crippen LogP contribution in [0.15, 0.2) is 37.5 Å². The first-order chi connectivity index (χ1) is 9.60. The summed E-state index contributed by atoms with van der Waals surface area (Å²) in [5, 5.41) is 0. The van der Waals surface area contributed by atoms with Crippen molar-refractivity contribution in [1.82, 2.24) is 0 Å². The first-order valence-corrected chi connectivity index (χ1v) is 8.31. The van der Waals surface area contributed by atoms with Gasteiger partial charge in [-0.05, 0) is 0 Å². The molecule has 0 rings (SSSR count). The molecule has 0 spiro atoms. The Morgan fingerprint density at radius 3 is 1.65 bits per heavy atom. The van der Waals surface area contributed by atoms with E-state index in [1.807, 2.05) is 0 Å². The number of thioether (sulfide) groups is 2. The third-order valence-corrected chi connectivity index (χ3v) is 4.03. The average molecular weight is 316 g/mol. The summed E-state index contributed by atoms with van der Waals surface area (Å²) in [5.41, 5.74) is 1.10. The maximum Gasteiger partial charge on any atom is 0.330 e. The quantitative estimate of drug-likeness (QED) is 0.239. The predicted molar refractivity (Wildman–Crippen MR) is 86.1 cm³/mol. The molecule has 0 aromatic rings. The lowest BCUT2D eigenvalue weighted by Crippen LogP contribution is -2.05. The van der Waals surface area contributed by atoms with Crippen molar-refractivity contribution in [2.24, 2.45) is 0 Å². The Hall–Kier alpha value is -1.14. The van der Waals surface area contributed by atoms with Gasteiger partial charge in [0.25, 0.3) is 0 Å². The maximum absolute atomic E-state index is 10.8. The van der Waals surface area contributed by atoms with E-state index in [0.29, 0.717) is 13.2 Å². The molecule has 0 atom stereocenters. The zero-order chi connectivity index (χ0) is 15.2. The molecule has 6 heteroatoms. The van der Waals surface area contributed by atoms with Gasteiger partial charge in [-0.2, -0.15) is 23.5 Å². The highest BCUT2D eigenvalue weighted by Gasteiger charge is 2.00. The second kappa shape index (κ2) is 12.9. The molecule has 0 bridgehead atoms. The minimum absolute atomic E-state index is 0.382. The standard InChI is InChI=1S/C14H20O4S2/c1-4-13(15)17-6-8-19-10-12(3)11-20-9-7-18-14(16)5-2/h4-5H,1-3,6-11H2. The molecule has 0 N–H and O–H groups in total. The van der Waals surface area contributed by atoms with Crippen molar-refractivity contribution < 1.29 is 19.1 Å². The smallest absolute Gasteiger partial charge is 0.330 e. The molecule has 0 heterocycles. The summed E-state index contributed by atoms with van der Waals surface area (Å²) in [6, 6.07) is 0. The van der Waals surface area contributed by atoms with E-state index in [1.165, 1.54) is 0 Å². The summed E-state index contributed by atoms with van der Waals surface area (Å²) in [5.74, 6) is 2.33. The van der Waals surface area contributed by atoms with Crippen molar-refractivity contribution in [2.75, 3.05) is 36.2 Å². The molecule has 0 saturated carbocycles. The molecule has 112 valence electrons. The minimum Gasteiger partial charge on any atom is -0.462 e. The van der Waals surface area contributed by atoms with E-state index in [0.717, 1.165) is 40.7 Å². The van der Waals surface area contributed by atoms with Gasteiger partial charge in [-0.1, -0.05) is 25.3 Å². The third-order valence-electron chi connectivity index (χ3n) is 1.89. The molecule has 0 aromatic heterocycles. The number of hydrogen-bond acceptors (Lipinski definition) is 6. The van der Waals surface area contributed by atoms with Gasteiger partial charge in [0, 0.05) is 35.2 Å². The van der Waals surface area contributed by atoms with Crippen molar-refractivity contribution in [3.63, 3.8) is 0 Å². The van der Waals surface area contributed by atoms with E-state index in [1.54, 1.807) is 23.5 Å². The van der Waals surface area contributed by atoms with Crippen LogP contribution in [0.5, 0.6) is 0 Å². The Morgan fingerprint density at radius 1 is 0.900 bits per heavy atom. The number of esters is 2. The summed E-state index contributed by atoms with van der Waals surface area (Å²) in [7, 11) is 0. The Morgan fingerprint density at radius 2 is 1.30 bits per heavy atom. The second-order valence-electron chi connectivity index (χ2n) is 3.60. The third kappa shape index (κ3) is 11.9. The van der Waals surface area contributed by atoms with Crippen LogP contribution in [-0.4, -0.2) is 48.2 Å². The topological polar surface area (TPSA) is 52.6 Å². The fourth-order valence-corrected chi connectivity index (χ4v) is 2.60.